The van der Waals surface area contributed by atoms with E-state index in [0.717, 1.165) is 96.8 Å². The lowest BCUT2D eigenvalue weighted by molar-refractivity contribution is -0.150. The number of nitriles is 1. The molecule has 10 heterocycles. The minimum Gasteiger partial charge on any atom is -0.352 e. The van der Waals surface area contributed by atoms with Crippen LogP contribution >= 0.6 is 0 Å². The Kier molecular flexibility index (Phi) is 12.8. The highest BCUT2D eigenvalue weighted by Gasteiger charge is 2.57. The maximum Gasteiger partial charge on any atom is 0.238 e. The number of rotatable bonds is 9. The topological polar surface area (TPSA) is 184 Å². The molecule has 17 heteroatoms. The summed E-state index contributed by atoms with van der Waals surface area (Å²) in [5.74, 6) is 0.476. The number of fused-ring (bicyclic) bond motifs is 3. The predicted octanol–water partition coefficient (Wildman–Crippen LogP) is 5.98. The van der Waals surface area contributed by atoms with Crippen LogP contribution in [0.1, 0.15) is 122 Å². The molecule has 0 bridgehead atoms. The number of carbonyl (C=O) groups is 5. The standard InChI is InChI=1S/C57H72N12O5/c1-36(2)68-35-60-46-30-45(61-51(50(46)68)67-33-37(31-58)34-67)39-7-10-44-47(27-39)69(42-28-41(29-42)63-19-5-4-6-20-63)55(74)57(44)17-25-66(26-18-57)54(73)56(3)15-23-65(24-16-56)53(72)38-13-21-64(22-14-38)48-11-8-40(32-59-48)43-9-12-49(70)62-52(43)71/h7-8,10,27,30,32,35-38,41-43,48H,4-6,9,11-26,28-29,33-34H2,1-3H3,(H,62,70,71). The third kappa shape index (κ3) is 8.51. The number of nitrogens with zero attached hydrogens (tertiary/aromatic N) is 11. The summed E-state index contributed by atoms with van der Waals surface area (Å²) >= 11 is 0. The first-order valence-corrected chi connectivity index (χ1v) is 27.9. The van der Waals surface area contributed by atoms with Gasteiger partial charge in [-0.2, -0.15) is 5.26 Å². The van der Waals surface area contributed by atoms with Crippen LogP contribution in [0.15, 0.2) is 47.2 Å². The van der Waals surface area contributed by atoms with E-state index in [9.17, 15) is 24.4 Å². The van der Waals surface area contributed by atoms with Crippen LogP contribution in [-0.2, 0) is 29.4 Å². The molecule has 2 atom stereocenters. The fourth-order valence-corrected chi connectivity index (χ4v) is 14.1. The van der Waals surface area contributed by atoms with E-state index in [1.165, 1.54) is 19.3 Å². The Balaban J connectivity index is 0.706. The molecule has 0 radical (unpaired) electrons. The van der Waals surface area contributed by atoms with Crippen LogP contribution in [-0.4, -0.2) is 154 Å². The number of imide groups is 1. The average molecular weight is 1010 g/mol. The van der Waals surface area contributed by atoms with Crippen LogP contribution < -0.4 is 15.1 Å². The Morgan fingerprint density at radius 1 is 0.851 bits per heavy atom. The lowest BCUT2D eigenvalue weighted by Crippen LogP contribution is -2.59. The molecule has 1 saturated carbocycles. The van der Waals surface area contributed by atoms with Gasteiger partial charge in [-0.25, -0.2) is 9.97 Å². The van der Waals surface area contributed by atoms with Gasteiger partial charge >= 0.3 is 0 Å². The first kappa shape index (κ1) is 48.9. The number of dihydropyridines is 1. The number of aromatic nitrogens is 3. The second-order valence-electron chi connectivity index (χ2n) is 23.7. The zero-order valence-electron chi connectivity index (χ0n) is 43.5. The van der Waals surface area contributed by atoms with Crippen LogP contribution in [0.3, 0.4) is 0 Å². The van der Waals surface area contributed by atoms with Crippen molar-refractivity contribution in [2.45, 2.75) is 140 Å². The van der Waals surface area contributed by atoms with Crippen LogP contribution in [0.2, 0.25) is 0 Å². The van der Waals surface area contributed by atoms with E-state index in [0.29, 0.717) is 90.3 Å². The lowest BCUT2D eigenvalue weighted by atomic mass is 9.72. The van der Waals surface area contributed by atoms with E-state index in [4.69, 9.17) is 15.0 Å². The number of hydrogen-bond acceptors (Lipinski definition) is 12. The number of aliphatic imine (C=N–C) groups is 1. The number of benzene rings is 1. The van der Waals surface area contributed by atoms with Crippen molar-refractivity contribution in [1.29, 1.82) is 5.26 Å². The van der Waals surface area contributed by atoms with Crippen molar-refractivity contribution in [2.75, 3.05) is 75.2 Å². The quantitative estimate of drug-likeness (QED) is 0.249. The molecule has 74 heavy (non-hydrogen) atoms. The predicted molar refractivity (Wildman–Crippen MR) is 281 cm³/mol. The molecule has 5 amide bonds. The first-order valence-electron chi connectivity index (χ1n) is 27.9. The number of hydrogen-bond donors (Lipinski definition) is 1. The van der Waals surface area contributed by atoms with Crippen LogP contribution in [0.5, 0.6) is 0 Å². The molecule has 1 N–H and O–H groups in total. The summed E-state index contributed by atoms with van der Waals surface area (Å²) in [4.78, 5) is 96.3. The number of anilines is 2. The van der Waals surface area contributed by atoms with Gasteiger partial charge in [0.15, 0.2) is 5.82 Å². The summed E-state index contributed by atoms with van der Waals surface area (Å²) in [6.45, 7) is 13.6. The maximum atomic E-state index is 15.3. The fraction of sp³-hybridized carbons (Fsp3) is 0.632. The molecule has 1 aliphatic carbocycles. The number of carbonyl (C=O) groups excluding carboxylic acids is 5. The number of likely N-dealkylation sites (tertiary alicyclic amines) is 4. The summed E-state index contributed by atoms with van der Waals surface area (Å²) in [6, 6.07) is 11.8. The molecule has 12 rings (SSSR count). The van der Waals surface area contributed by atoms with Gasteiger partial charge in [-0.05, 0) is 121 Å². The molecule has 8 aliphatic heterocycles. The van der Waals surface area contributed by atoms with Gasteiger partial charge in [0, 0.05) is 112 Å². The molecule has 6 saturated heterocycles. The molecular formula is C57H72N12O5. The molecule has 2 unspecified atom stereocenters. The normalized spacial score (nSPS) is 27.8. The SMILES string of the molecule is CC(C)n1cnc2cc(-c3ccc4c(c3)N(C3CC(N5CCCCC5)C3)C(=O)C43CCN(C(=O)C4(C)CCN(C(=O)C5CCN(C6CC=C(C7CCC(=O)NC7=O)C=N6)CC5)CC4)CC3)nc(N3CC(C#N)C3)c21. The van der Waals surface area contributed by atoms with E-state index in [-0.39, 0.29) is 65.5 Å². The Bertz CT molecular complexity index is 2840. The molecule has 2 aromatic heterocycles. The van der Waals surface area contributed by atoms with E-state index in [1.54, 1.807) is 6.21 Å². The summed E-state index contributed by atoms with van der Waals surface area (Å²) < 4.78 is 2.16. The highest BCUT2D eigenvalue weighted by Crippen LogP contribution is 2.53. The van der Waals surface area contributed by atoms with Crippen molar-refractivity contribution in [1.82, 2.24) is 39.5 Å². The Labute approximate surface area is 434 Å². The van der Waals surface area contributed by atoms with Crippen molar-refractivity contribution in [3.63, 3.8) is 0 Å². The average Bonchev–Trinajstić information content (AvgIpc) is 3.94. The monoisotopic (exact) mass is 1000 g/mol. The van der Waals surface area contributed by atoms with Gasteiger partial charge < -0.3 is 29.1 Å². The molecule has 390 valence electrons. The number of pyridine rings is 1. The first-order chi connectivity index (χ1) is 35.8. The summed E-state index contributed by atoms with van der Waals surface area (Å²) in [5, 5.41) is 12.1. The van der Waals surface area contributed by atoms with Gasteiger partial charge in [0.05, 0.1) is 40.9 Å². The van der Waals surface area contributed by atoms with Gasteiger partial charge in [-0.3, -0.25) is 39.2 Å². The minimum atomic E-state index is -0.714. The highest BCUT2D eigenvalue weighted by atomic mass is 16.2. The Hall–Kier alpha value is -5.99. The number of imidazole rings is 1. The second kappa shape index (κ2) is 19.3. The van der Waals surface area contributed by atoms with Crippen molar-refractivity contribution in [2.24, 2.45) is 28.2 Å². The fourth-order valence-electron chi connectivity index (χ4n) is 14.1. The number of amides is 5. The molecule has 9 aliphatic rings. The molecule has 1 aromatic carbocycles. The van der Waals surface area contributed by atoms with E-state index < -0.39 is 10.8 Å². The Morgan fingerprint density at radius 3 is 2.26 bits per heavy atom. The van der Waals surface area contributed by atoms with Crippen LogP contribution in [0.4, 0.5) is 11.5 Å². The molecular weight excluding hydrogens is 933 g/mol. The van der Waals surface area contributed by atoms with Gasteiger partial charge in [-0.15, -0.1) is 0 Å². The number of piperidine rings is 5. The van der Waals surface area contributed by atoms with E-state index in [1.807, 2.05) is 16.1 Å². The minimum absolute atomic E-state index is 0.0156. The molecule has 1 spiro atoms. The van der Waals surface area contributed by atoms with Gasteiger partial charge in [-0.1, -0.05) is 31.6 Å². The van der Waals surface area contributed by atoms with Crippen molar-refractivity contribution in [3.05, 3.63) is 47.8 Å². The van der Waals surface area contributed by atoms with Crippen molar-refractivity contribution in [3.8, 4) is 17.3 Å². The van der Waals surface area contributed by atoms with E-state index in [2.05, 4.69) is 86.7 Å². The highest BCUT2D eigenvalue weighted by molar-refractivity contribution is 6.10. The van der Waals surface area contributed by atoms with Gasteiger partial charge in [0.1, 0.15) is 11.7 Å². The molecule has 7 fully saturated rings. The third-order valence-electron chi connectivity index (χ3n) is 19.0. The largest absolute Gasteiger partial charge is 0.352 e. The lowest BCUT2D eigenvalue weighted by Gasteiger charge is -2.48. The molecule has 3 aromatic rings. The molecule has 17 nitrogen and oxygen atoms in total. The van der Waals surface area contributed by atoms with Gasteiger partial charge in [0.25, 0.3) is 0 Å². The zero-order valence-corrected chi connectivity index (χ0v) is 43.5. The third-order valence-corrected chi connectivity index (χ3v) is 19.0. The van der Waals surface area contributed by atoms with Crippen LogP contribution in [0, 0.1) is 34.5 Å². The zero-order chi connectivity index (χ0) is 51.0. The number of nitrogens with one attached hydrogen (secondary N) is 1. The summed E-state index contributed by atoms with van der Waals surface area (Å²) in [6.07, 6.45) is 16.9. The van der Waals surface area contributed by atoms with Crippen molar-refractivity contribution >= 4 is 58.3 Å². The smallest absolute Gasteiger partial charge is 0.238 e. The van der Waals surface area contributed by atoms with E-state index >= 15 is 4.79 Å². The van der Waals surface area contributed by atoms with Crippen LogP contribution in [0.25, 0.3) is 22.3 Å². The Morgan fingerprint density at radius 2 is 1.58 bits per heavy atom. The van der Waals surface area contributed by atoms with Crippen molar-refractivity contribution < 1.29 is 24.0 Å². The van der Waals surface area contributed by atoms with Gasteiger partial charge in [0.2, 0.25) is 29.5 Å². The summed E-state index contributed by atoms with van der Waals surface area (Å²) in [5.41, 5.74) is 5.22. The summed E-state index contributed by atoms with van der Waals surface area (Å²) in [7, 11) is 0. The maximum absolute atomic E-state index is 15.3. The second-order valence-corrected chi connectivity index (χ2v) is 23.7.